The number of pyridine rings is 1. The summed E-state index contributed by atoms with van der Waals surface area (Å²) in [6.07, 6.45) is 0. The van der Waals surface area contributed by atoms with Gasteiger partial charge in [0.05, 0.1) is 0 Å². The highest BCUT2D eigenvalue weighted by Crippen LogP contribution is 2.17. The van der Waals surface area contributed by atoms with E-state index in [0.717, 1.165) is 0 Å². The topological polar surface area (TPSA) is 33.2 Å². The van der Waals surface area contributed by atoms with Gasteiger partial charge in [0.1, 0.15) is 10.4 Å². The summed E-state index contributed by atoms with van der Waals surface area (Å²) in [5.41, 5.74) is 0.534. The molecule has 0 N–H and O–H groups in total. The van der Waals surface area contributed by atoms with Crippen molar-refractivity contribution in [3.05, 3.63) is 57.7 Å². The molecule has 1 aromatic carbocycles. The molecule has 0 spiro atoms. The van der Waals surface area contributed by atoms with E-state index in [1.807, 2.05) is 6.07 Å². The fourth-order valence-corrected chi connectivity index (χ4v) is 2.03. The molecule has 92 valence electrons. The molecule has 0 unspecified atom stereocenters. The molecule has 0 atom stereocenters. The van der Waals surface area contributed by atoms with Crippen LogP contribution < -0.4 is 4.90 Å². The van der Waals surface area contributed by atoms with Gasteiger partial charge in [0.25, 0.3) is 5.91 Å². The molecule has 0 bridgehead atoms. The minimum atomic E-state index is -0.150. The summed E-state index contributed by atoms with van der Waals surface area (Å²) in [6, 6.07) is 12.2. The van der Waals surface area contributed by atoms with Crippen LogP contribution >= 0.6 is 27.5 Å². The van der Waals surface area contributed by atoms with Gasteiger partial charge >= 0.3 is 0 Å². The van der Waals surface area contributed by atoms with Gasteiger partial charge in [-0.25, -0.2) is 4.98 Å². The van der Waals surface area contributed by atoms with Crippen molar-refractivity contribution in [1.82, 2.24) is 4.98 Å². The van der Waals surface area contributed by atoms with Crippen LogP contribution in [0.3, 0.4) is 0 Å². The molecule has 1 amide bonds. The predicted molar refractivity (Wildman–Crippen MR) is 76.1 cm³/mol. The van der Waals surface area contributed by atoms with E-state index in [0.29, 0.717) is 21.0 Å². The van der Waals surface area contributed by atoms with Gasteiger partial charge in [0.15, 0.2) is 0 Å². The molecule has 0 fully saturated rings. The summed E-state index contributed by atoms with van der Waals surface area (Å²) in [5, 5.41) is 0.538. The monoisotopic (exact) mass is 324 g/mol. The first kappa shape index (κ1) is 13.1. The summed E-state index contributed by atoms with van der Waals surface area (Å²) in [7, 11) is 1.68. The maximum Gasteiger partial charge on any atom is 0.259 e. The summed E-state index contributed by atoms with van der Waals surface area (Å²) >= 11 is 9.15. The molecule has 3 nitrogen and oxygen atoms in total. The lowest BCUT2D eigenvalue weighted by Crippen LogP contribution is -2.27. The van der Waals surface area contributed by atoms with Crippen molar-refractivity contribution in [2.24, 2.45) is 0 Å². The molecule has 2 rings (SSSR count). The van der Waals surface area contributed by atoms with E-state index in [1.54, 1.807) is 43.4 Å². The molecule has 2 aromatic rings. The van der Waals surface area contributed by atoms with Crippen LogP contribution in [0, 0.1) is 0 Å². The number of carbonyl (C=O) groups is 1. The molecule has 0 radical (unpaired) electrons. The second kappa shape index (κ2) is 5.50. The fourth-order valence-electron chi connectivity index (χ4n) is 1.50. The number of aromatic nitrogens is 1. The number of halogens is 2. The Morgan fingerprint density at radius 3 is 2.67 bits per heavy atom. The maximum atomic E-state index is 12.2. The van der Waals surface area contributed by atoms with E-state index in [1.165, 1.54) is 4.90 Å². The van der Waals surface area contributed by atoms with Crippen molar-refractivity contribution in [2.45, 2.75) is 0 Å². The highest BCUT2D eigenvalue weighted by atomic mass is 79.9. The smallest absolute Gasteiger partial charge is 0.259 e. The molecular weight excluding hydrogens is 316 g/mol. The molecule has 1 heterocycles. The highest BCUT2D eigenvalue weighted by Gasteiger charge is 2.14. The molecule has 0 aliphatic heterocycles. The molecule has 0 saturated carbocycles. The second-order valence-corrected chi connectivity index (χ2v) is 4.94. The van der Waals surface area contributed by atoms with Gasteiger partial charge in [-0.3, -0.25) is 9.69 Å². The Morgan fingerprint density at radius 2 is 2.00 bits per heavy atom. The number of carbonyl (C=O) groups excluding carboxylic acids is 1. The van der Waals surface area contributed by atoms with Crippen molar-refractivity contribution in [2.75, 3.05) is 11.9 Å². The van der Waals surface area contributed by atoms with Gasteiger partial charge in [0.2, 0.25) is 0 Å². The number of benzene rings is 1. The Kier molecular flexibility index (Phi) is 3.99. The number of amides is 1. The van der Waals surface area contributed by atoms with Gasteiger partial charge in [0, 0.05) is 17.6 Å². The van der Waals surface area contributed by atoms with Crippen LogP contribution in [-0.4, -0.2) is 17.9 Å². The van der Waals surface area contributed by atoms with Gasteiger partial charge in [-0.1, -0.05) is 23.7 Å². The van der Waals surface area contributed by atoms with Crippen LogP contribution in [0.25, 0.3) is 0 Å². The van der Waals surface area contributed by atoms with Gasteiger partial charge in [-0.05, 0) is 46.3 Å². The van der Waals surface area contributed by atoms with Crippen LogP contribution in [0.2, 0.25) is 5.02 Å². The quantitative estimate of drug-likeness (QED) is 0.787. The van der Waals surface area contributed by atoms with Crippen LogP contribution in [-0.2, 0) is 0 Å². The summed E-state index contributed by atoms with van der Waals surface area (Å²) < 4.78 is 0.686. The average molecular weight is 326 g/mol. The van der Waals surface area contributed by atoms with E-state index in [-0.39, 0.29) is 5.91 Å². The van der Waals surface area contributed by atoms with E-state index >= 15 is 0 Å². The lowest BCUT2D eigenvalue weighted by atomic mass is 10.2. The van der Waals surface area contributed by atoms with Gasteiger partial charge < -0.3 is 0 Å². The van der Waals surface area contributed by atoms with Crippen molar-refractivity contribution >= 4 is 39.3 Å². The van der Waals surface area contributed by atoms with Crippen molar-refractivity contribution in [3.63, 3.8) is 0 Å². The summed E-state index contributed by atoms with van der Waals surface area (Å²) in [4.78, 5) is 17.9. The molecular formula is C13H10BrClN2O. The van der Waals surface area contributed by atoms with Gasteiger partial charge in [-0.15, -0.1) is 0 Å². The number of rotatable bonds is 2. The molecule has 1 aromatic heterocycles. The highest BCUT2D eigenvalue weighted by molar-refractivity contribution is 9.10. The lowest BCUT2D eigenvalue weighted by Gasteiger charge is -2.16. The zero-order valence-electron chi connectivity index (χ0n) is 9.60. The molecule has 5 heteroatoms. The van der Waals surface area contributed by atoms with Crippen LogP contribution in [0.1, 0.15) is 10.4 Å². The minimum absolute atomic E-state index is 0.150. The number of nitrogens with zero attached hydrogens (tertiary/aromatic N) is 2. The first-order valence-corrected chi connectivity index (χ1v) is 6.41. The predicted octanol–water partition coefficient (Wildman–Crippen LogP) is 3.77. The van der Waals surface area contributed by atoms with Crippen molar-refractivity contribution in [1.29, 1.82) is 0 Å². The van der Waals surface area contributed by atoms with E-state index in [2.05, 4.69) is 20.9 Å². The Balaban J connectivity index is 2.29. The summed E-state index contributed by atoms with van der Waals surface area (Å²) in [5.74, 6) is 0.428. The lowest BCUT2D eigenvalue weighted by molar-refractivity contribution is 0.0992. The van der Waals surface area contributed by atoms with Crippen LogP contribution in [0.15, 0.2) is 47.1 Å². The third-order valence-electron chi connectivity index (χ3n) is 2.42. The number of hydrogen-bond donors (Lipinski definition) is 0. The zero-order chi connectivity index (χ0) is 13.1. The minimum Gasteiger partial charge on any atom is -0.296 e. The molecule has 18 heavy (non-hydrogen) atoms. The van der Waals surface area contributed by atoms with Crippen LogP contribution in [0.4, 0.5) is 5.82 Å². The second-order valence-electron chi connectivity index (χ2n) is 3.69. The Bertz CT molecular complexity index is 589. The fraction of sp³-hybridized carbons (Fsp3) is 0.0769. The zero-order valence-corrected chi connectivity index (χ0v) is 11.9. The number of hydrogen-bond acceptors (Lipinski definition) is 2. The van der Waals surface area contributed by atoms with E-state index in [9.17, 15) is 4.79 Å². The Labute approximate surface area is 119 Å². The largest absolute Gasteiger partial charge is 0.296 e. The standard InChI is InChI=1S/C13H10BrClN2O/c1-17(12-7-3-6-11(14)16-12)13(18)9-4-2-5-10(15)8-9/h2-8H,1H3. The van der Waals surface area contributed by atoms with E-state index in [4.69, 9.17) is 11.6 Å². The number of anilines is 1. The third kappa shape index (κ3) is 2.89. The van der Waals surface area contributed by atoms with Crippen molar-refractivity contribution < 1.29 is 4.79 Å². The van der Waals surface area contributed by atoms with Gasteiger partial charge in [-0.2, -0.15) is 0 Å². The molecule has 0 aliphatic rings. The first-order chi connectivity index (χ1) is 8.58. The van der Waals surface area contributed by atoms with Crippen LogP contribution in [0.5, 0.6) is 0 Å². The normalized spacial score (nSPS) is 10.2. The van der Waals surface area contributed by atoms with Crippen molar-refractivity contribution in [3.8, 4) is 0 Å². The molecule has 0 aliphatic carbocycles. The SMILES string of the molecule is CN(C(=O)c1cccc(Cl)c1)c1cccc(Br)n1. The summed E-state index contributed by atoms with van der Waals surface area (Å²) in [6.45, 7) is 0. The molecule has 0 saturated heterocycles. The Hall–Kier alpha value is -1.39. The Morgan fingerprint density at radius 1 is 1.28 bits per heavy atom. The third-order valence-corrected chi connectivity index (χ3v) is 3.10. The maximum absolute atomic E-state index is 12.2. The average Bonchev–Trinajstić information content (AvgIpc) is 2.37. The van der Waals surface area contributed by atoms with E-state index < -0.39 is 0 Å². The first-order valence-electron chi connectivity index (χ1n) is 5.24.